The highest BCUT2D eigenvalue weighted by Crippen LogP contribution is 2.34. The van der Waals surface area contributed by atoms with Gasteiger partial charge in [-0.3, -0.25) is 9.69 Å². The van der Waals surface area contributed by atoms with E-state index in [0.29, 0.717) is 28.9 Å². The molecule has 0 radical (unpaired) electrons. The van der Waals surface area contributed by atoms with E-state index in [-0.39, 0.29) is 12.7 Å². The fraction of sp³-hybridized carbons (Fsp3) is 0.455. The van der Waals surface area contributed by atoms with Gasteiger partial charge in [0.2, 0.25) is 6.79 Å². The number of pyridine rings is 1. The maximum absolute atomic E-state index is 12.7. The number of piperidine rings is 1. The molecule has 0 aliphatic carbocycles. The molecule has 0 atom stereocenters. The Labute approximate surface area is 175 Å². The molecule has 0 saturated carbocycles. The molecule has 0 unspecified atom stereocenters. The number of aromatic nitrogens is 1. The maximum Gasteiger partial charge on any atom is 0.274 e. The monoisotopic (exact) mass is 410 g/mol. The molecule has 3 aliphatic heterocycles. The van der Waals surface area contributed by atoms with E-state index in [4.69, 9.17) is 14.2 Å². The van der Waals surface area contributed by atoms with Crippen LogP contribution in [-0.4, -0.2) is 68.0 Å². The highest BCUT2D eigenvalue weighted by Gasteiger charge is 2.26. The number of nitrogens with zero attached hydrogens (tertiary/aromatic N) is 3. The summed E-state index contributed by atoms with van der Waals surface area (Å²) in [5.74, 6) is 1.94. The number of hydrogen-bond donors (Lipinski definition) is 1. The van der Waals surface area contributed by atoms with Crippen LogP contribution in [0.1, 0.15) is 23.3 Å². The Bertz CT molecular complexity index is 908. The highest BCUT2D eigenvalue weighted by molar-refractivity contribution is 6.03. The van der Waals surface area contributed by atoms with Crippen molar-refractivity contribution in [3.63, 3.8) is 0 Å². The molecule has 4 heterocycles. The van der Waals surface area contributed by atoms with Gasteiger partial charge in [0, 0.05) is 44.0 Å². The largest absolute Gasteiger partial charge is 0.454 e. The number of anilines is 2. The predicted octanol–water partition coefficient (Wildman–Crippen LogP) is 2.36. The van der Waals surface area contributed by atoms with Crippen LogP contribution in [0.3, 0.4) is 0 Å². The van der Waals surface area contributed by atoms with Crippen molar-refractivity contribution in [2.24, 2.45) is 0 Å². The van der Waals surface area contributed by atoms with Crippen molar-refractivity contribution in [2.45, 2.75) is 18.9 Å². The van der Waals surface area contributed by atoms with Gasteiger partial charge < -0.3 is 24.4 Å². The molecule has 1 N–H and O–H groups in total. The average molecular weight is 410 g/mol. The number of hydrogen-bond acceptors (Lipinski definition) is 7. The summed E-state index contributed by atoms with van der Waals surface area (Å²) >= 11 is 0. The first-order valence-corrected chi connectivity index (χ1v) is 10.5. The van der Waals surface area contributed by atoms with Crippen LogP contribution >= 0.6 is 0 Å². The molecule has 0 bridgehead atoms. The molecule has 5 rings (SSSR count). The Balaban J connectivity index is 1.21. The second kappa shape index (κ2) is 8.49. The molecular formula is C22H26N4O4. The SMILES string of the molecule is O=C(Nc1ccc2c(c1)OCO2)c1cccc(N2CCC(N3CCOCC3)CC2)n1. The molecule has 158 valence electrons. The molecule has 8 heteroatoms. The molecule has 2 fully saturated rings. The van der Waals surface area contributed by atoms with E-state index >= 15 is 0 Å². The van der Waals surface area contributed by atoms with Crippen LogP contribution in [0, 0.1) is 0 Å². The first kappa shape index (κ1) is 19.1. The summed E-state index contributed by atoms with van der Waals surface area (Å²) in [5.41, 5.74) is 1.06. The molecule has 2 saturated heterocycles. The summed E-state index contributed by atoms with van der Waals surface area (Å²) < 4.78 is 16.1. The molecule has 8 nitrogen and oxygen atoms in total. The van der Waals surface area contributed by atoms with Crippen molar-refractivity contribution in [3.8, 4) is 11.5 Å². The van der Waals surface area contributed by atoms with Gasteiger partial charge in [-0.05, 0) is 37.1 Å². The van der Waals surface area contributed by atoms with E-state index in [0.717, 1.165) is 58.1 Å². The second-order valence-electron chi connectivity index (χ2n) is 7.77. The zero-order valence-electron chi connectivity index (χ0n) is 16.9. The van der Waals surface area contributed by atoms with Crippen LogP contribution in [0.2, 0.25) is 0 Å². The summed E-state index contributed by atoms with van der Waals surface area (Å²) in [6, 6.07) is 11.6. The van der Waals surface area contributed by atoms with Gasteiger partial charge in [-0.1, -0.05) is 6.07 Å². The number of nitrogens with one attached hydrogen (secondary N) is 1. The molecular weight excluding hydrogens is 384 g/mol. The van der Waals surface area contributed by atoms with Crippen LogP contribution in [0.15, 0.2) is 36.4 Å². The Morgan fingerprint density at radius 2 is 1.80 bits per heavy atom. The number of amides is 1. The zero-order chi connectivity index (χ0) is 20.3. The molecule has 1 aromatic carbocycles. The van der Waals surface area contributed by atoms with Crippen LogP contribution in [0.4, 0.5) is 11.5 Å². The van der Waals surface area contributed by atoms with Crippen molar-refractivity contribution >= 4 is 17.4 Å². The number of benzene rings is 1. The smallest absolute Gasteiger partial charge is 0.274 e. The summed E-state index contributed by atoms with van der Waals surface area (Å²) in [4.78, 5) is 22.2. The molecule has 0 spiro atoms. The summed E-state index contributed by atoms with van der Waals surface area (Å²) in [6.07, 6.45) is 2.21. The van der Waals surface area contributed by atoms with E-state index in [1.807, 2.05) is 12.1 Å². The third kappa shape index (κ3) is 4.06. The number of ether oxygens (including phenoxy) is 3. The zero-order valence-corrected chi connectivity index (χ0v) is 16.9. The van der Waals surface area contributed by atoms with Gasteiger partial charge >= 0.3 is 0 Å². The Hall–Kier alpha value is -2.84. The van der Waals surface area contributed by atoms with Gasteiger partial charge in [0.05, 0.1) is 13.2 Å². The van der Waals surface area contributed by atoms with E-state index in [1.54, 1.807) is 24.3 Å². The van der Waals surface area contributed by atoms with E-state index < -0.39 is 0 Å². The van der Waals surface area contributed by atoms with Gasteiger partial charge in [0.25, 0.3) is 5.91 Å². The second-order valence-corrected chi connectivity index (χ2v) is 7.77. The quantitative estimate of drug-likeness (QED) is 0.829. The van der Waals surface area contributed by atoms with Gasteiger partial charge in [-0.15, -0.1) is 0 Å². The predicted molar refractivity (Wildman–Crippen MR) is 112 cm³/mol. The summed E-state index contributed by atoms with van der Waals surface area (Å²) in [7, 11) is 0. The fourth-order valence-electron chi connectivity index (χ4n) is 4.30. The Morgan fingerprint density at radius 1 is 1.00 bits per heavy atom. The van der Waals surface area contributed by atoms with Crippen molar-refractivity contribution in [3.05, 3.63) is 42.1 Å². The van der Waals surface area contributed by atoms with Crippen LogP contribution in [-0.2, 0) is 4.74 Å². The van der Waals surface area contributed by atoms with Gasteiger partial charge in [-0.25, -0.2) is 4.98 Å². The summed E-state index contributed by atoms with van der Waals surface area (Å²) in [5, 5.41) is 2.89. The lowest BCUT2D eigenvalue weighted by atomic mass is 10.0. The normalized spacial score (nSPS) is 19.7. The molecule has 3 aliphatic rings. The average Bonchev–Trinajstić information content (AvgIpc) is 3.28. The maximum atomic E-state index is 12.7. The molecule has 30 heavy (non-hydrogen) atoms. The van der Waals surface area contributed by atoms with Crippen molar-refractivity contribution in [1.82, 2.24) is 9.88 Å². The minimum atomic E-state index is -0.237. The minimum Gasteiger partial charge on any atom is -0.454 e. The number of carbonyl (C=O) groups excluding carboxylic acids is 1. The van der Waals surface area contributed by atoms with Crippen molar-refractivity contribution in [1.29, 1.82) is 0 Å². The fourth-order valence-corrected chi connectivity index (χ4v) is 4.30. The van der Waals surface area contributed by atoms with Gasteiger partial charge in [-0.2, -0.15) is 0 Å². The van der Waals surface area contributed by atoms with Crippen LogP contribution < -0.4 is 19.7 Å². The molecule has 1 aromatic heterocycles. The lowest BCUT2D eigenvalue weighted by molar-refractivity contribution is 0.0115. The standard InChI is InChI=1S/C22H26N4O4/c27-22(23-16-4-5-19-20(14-16)30-15-29-19)18-2-1-3-21(24-18)26-8-6-17(7-9-26)25-10-12-28-13-11-25/h1-5,14,17H,6-13,15H2,(H,23,27). The Morgan fingerprint density at radius 3 is 2.63 bits per heavy atom. The Kier molecular flexibility index (Phi) is 5.42. The highest BCUT2D eigenvalue weighted by atomic mass is 16.7. The first-order valence-electron chi connectivity index (χ1n) is 10.5. The van der Waals surface area contributed by atoms with Crippen LogP contribution in [0.5, 0.6) is 11.5 Å². The topological polar surface area (TPSA) is 76.2 Å². The van der Waals surface area contributed by atoms with Gasteiger partial charge in [0.1, 0.15) is 11.5 Å². The number of fused-ring (bicyclic) bond motifs is 1. The number of morpholine rings is 1. The van der Waals surface area contributed by atoms with E-state index in [9.17, 15) is 4.79 Å². The first-order chi connectivity index (χ1) is 14.8. The van der Waals surface area contributed by atoms with E-state index in [2.05, 4.69) is 20.1 Å². The number of carbonyl (C=O) groups is 1. The minimum absolute atomic E-state index is 0.207. The molecule has 1 amide bonds. The lowest BCUT2D eigenvalue weighted by Crippen LogP contribution is -2.49. The van der Waals surface area contributed by atoms with E-state index in [1.165, 1.54) is 0 Å². The van der Waals surface area contributed by atoms with Gasteiger partial charge in [0.15, 0.2) is 11.5 Å². The summed E-state index contributed by atoms with van der Waals surface area (Å²) in [6.45, 7) is 5.82. The number of rotatable bonds is 4. The third-order valence-corrected chi connectivity index (χ3v) is 5.95. The van der Waals surface area contributed by atoms with Crippen molar-refractivity contribution in [2.75, 3.05) is 56.4 Å². The molecule has 2 aromatic rings. The lowest BCUT2D eigenvalue weighted by Gasteiger charge is -2.40. The van der Waals surface area contributed by atoms with Crippen LogP contribution in [0.25, 0.3) is 0 Å². The van der Waals surface area contributed by atoms with Crippen molar-refractivity contribution < 1.29 is 19.0 Å². The third-order valence-electron chi connectivity index (χ3n) is 5.95.